The number of aliphatic carboxylic acids is 1. The van der Waals surface area contributed by atoms with Crippen molar-refractivity contribution in [3.63, 3.8) is 0 Å². The number of methoxy groups -OCH3 is 1. The van der Waals surface area contributed by atoms with Gasteiger partial charge >= 0.3 is 5.97 Å². The summed E-state index contributed by atoms with van der Waals surface area (Å²) in [6, 6.07) is 10.5. The van der Waals surface area contributed by atoms with Crippen LogP contribution in [0.5, 0.6) is 5.75 Å². The Morgan fingerprint density at radius 3 is 2.25 bits per heavy atom. The Morgan fingerprint density at radius 1 is 1.09 bits per heavy atom. The number of hydrogen-bond donors (Lipinski definition) is 2. The van der Waals surface area contributed by atoms with Crippen molar-refractivity contribution < 1.29 is 34.3 Å². The second-order valence-corrected chi connectivity index (χ2v) is 7.07. The molecule has 2 aromatic rings. The number of Topliss-reactive ketones (excluding diaryl/α,β-unsaturated/α-hetero) is 1. The number of rotatable bonds is 8. The maximum Gasteiger partial charge on any atom is 0.303 e. The van der Waals surface area contributed by atoms with Gasteiger partial charge in [-0.15, -0.1) is 0 Å². The number of nitro benzene ring substituents is 1. The van der Waals surface area contributed by atoms with Gasteiger partial charge in [-0.3, -0.25) is 24.5 Å². The number of non-ortho nitro benzene ring substituents is 1. The van der Waals surface area contributed by atoms with Crippen molar-refractivity contribution in [3.05, 3.63) is 75.3 Å². The van der Waals surface area contributed by atoms with Crippen molar-refractivity contribution in [1.29, 1.82) is 0 Å². The highest BCUT2D eigenvalue weighted by molar-refractivity contribution is 6.46. The molecule has 0 unspecified atom stereocenters. The van der Waals surface area contributed by atoms with E-state index in [0.717, 1.165) is 0 Å². The van der Waals surface area contributed by atoms with E-state index < -0.39 is 34.4 Å². The van der Waals surface area contributed by atoms with Gasteiger partial charge in [0.1, 0.15) is 11.5 Å². The van der Waals surface area contributed by atoms with Gasteiger partial charge in [0, 0.05) is 30.7 Å². The van der Waals surface area contributed by atoms with E-state index >= 15 is 0 Å². The van der Waals surface area contributed by atoms with Crippen molar-refractivity contribution in [2.24, 2.45) is 0 Å². The molecule has 1 heterocycles. The van der Waals surface area contributed by atoms with Gasteiger partial charge in [0.2, 0.25) is 0 Å². The fraction of sp³-hybridized carbons (Fsp3) is 0.227. The second-order valence-electron chi connectivity index (χ2n) is 7.07. The summed E-state index contributed by atoms with van der Waals surface area (Å²) in [6.45, 7) is -0.00931. The summed E-state index contributed by atoms with van der Waals surface area (Å²) in [7, 11) is 1.49. The number of likely N-dealkylation sites (tertiary alicyclic amines) is 1. The van der Waals surface area contributed by atoms with Gasteiger partial charge in [-0.25, -0.2) is 0 Å². The van der Waals surface area contributed by atoms with Gasteiger partial charge in [-0.1, -0.05) is 12.1 Å². The molecule has 0 radical (unpaired) electrons. The van der Waals surface area contributed by atoms with Gasteiger partial charge in [0.05, 0.1) is 23.6 Å². The lowest BCUT2D eigenvalue weighted by Gasteiger charge is -2.25. The van der Waals surface area contributed by atoms with E-state index in [1.807, 2.05) is 0 Å². The minimum Gasteiger partial charge on any atom is -0.507 e. The summed E-state index contributed by atoms with van der Waals surface area (Å²) in [4.78, 5) is 48.0. The van der Waals surface area contributed by atoms with E-state index in [0.29, 0.717) is 11.3 Å². The lowest BCUT2D eigenvalue weighted by Crippen LogP contribution is -2.31. The van der Waals surface area contributed by atoms with E-state index in [9.17, 15) is 29.6 Å². The van der Waals surface area contributed by atoms with Crippen LogP contribution < -0.4 is 4.74 Å². The van der Waals surface area contributed by atoms with Crippen LogP contribution in [0, 0.1) is 10.1 Å². The molecule has 1 saturated heterocycles. The highest BCUT2D eigenvalue weighted by Gasteiger charge is 2.45. The molecule has 0 saturated carbocycles. The quantitative estimate of drug-likeness (QED) is 0.209. The number of aliphatic hydroxyl groups is 1. The van der Waals surface area contributed by atoms with Crippen LogP contribution in [0.2, 0.25) is 0 Å². The van der Waals surface area contributed by atoms with Crippen LogP contribution >= 0.6 is 0 Å². The molecular formula is C22H20N2O8. The van der Waals surface area contributed by atoms with Crippen LogP contribution in [-0.2, 0) is 14.4 Å². The molecule has 10 nitrogen and oxygen atoms in total. The molecule has 3 rings (SSSR count). The van der Waals surface area contributed by atoms with Crippen molar-refractivity contribution in [3.8, 4) is 5.75 Å². The van der Waals surface area contributed by atoms with E-state index in [1.165, 1.54) is 36.3 Å². The zero-order valence-corrected chi connectivity index (χ0v) is 17.1. The molecule has 166 valence electrons. The van der Waals surface area contributed by atoms with Crippen molar-refractivity contribution in [2.45, 2.75) is 18.9 Å². The molecule has 0 bridgehead atoms. The Bertz CT molecular complexity index is 1090. The molecule has 1 amide bonds. The number of carboxylic acids is 1. The summed E-state index contributed by atoms with van der Waals surface area (Å²) >= 11 is 0. The number of carbonyl (C=O) groups is 3. The van der Waals surface area contributed by atoms with E-state index in [4.69, 9.17) is 9.84 Å². The molecule has 0 aromatic heterocycles. The highest BCUT2D eigenvalue weighted by Crippen LogP contribution is 2.40. The molecule has 32 heavy (non-hydrogen) atoms. The third kappa shape index (κ3) is 4.43. The highest BCUT2D eigenvalue weighted by atomic mass is 16.6. The minimum absolute atomic E-state index is 0.00931. The number of carboxylic acid groups (broad SMARTS) is 1. The molecule has 1 fully saturated rings. The van der Waals surface area contributed by atoms with E-state index in [1.54, 1.807) is 24.3 Å². The summed E-state index contributed by atoms with van der Waals surface area (Å²) in [5.41, 5.74) is 0.285. The first-order chi connectivity index (χ1) is 15.2. The zero-order valence-electron chi connectivity index (χ0n) is 17.1. The van der Waals surface area contributed by atoms with Crippen molar-refractivity contribution >= 4 is 29.1 Å². The number of aliphatic hydroxyl groups excluding tert-OH is 1. The summed E-state index contributed by atoms with van der Waals surface area (Å²) in [5.74, 6) is -2.74. The molecule has 1 aliphatic heterocycles. The fourth-order valence-corrected chi connectivity index (χ4v) is 3.54. The maximum absolute atomic E-state index is 12.9. The number of ether oxygens (including phenoxy) is 1. The summed E-state index contributed by atoms with van der Waals surface area (Å²) in [6.07, 6.45) is -0.0761. The first-order valence-corrected chi connectivity index (χ1v) is 9.63. The number of ketones is 1. The first-order valence-electron chi connectivity index (χ1n) is 9.63. The lowest BCUT2D eigenvalue weighted by atomic mass is 9.95. The average molecular weight is 440 g/mol. The second kappa shape index (κ2) is 9.29. The topological polar surface area (TPSA) is 147 Å². The molecule has 10 heteroatoms. The SMILES string of the molecule is COc1ccc([C@H]2/C(=C(\O)c3ccc([N+](=O)[O-])cc3)C(=O)C(=O)N2CCCC(=O)O)cc1. The minimum atomic E-state index is -1.03. The third-order valence-corrected chi connectivity index (χ3v) is 5.11. The predicted molar refractivity (Wildman–Crippen MR) is 112 cm³/mol. The molecule has 0 aliphatic carbocycles. The Hall–Kier alpha value is -4.21. The molecule has 0 spiro atoms. The van der Waals surface area contributed by atoms with Gasteiger partial charge < -0.3 is 19.8 Å². The van der Waals surface area contributed by atoms with Crippen LogP contribution in [0.25, 0.3) is 5.76 Å². The van der Waals surface area contributed by atoms with E-state index in [-0.39, 0.29) is 36.2 Å². The van der Waals surface area contributed by atoms with Crippen LogP contribution in [0.3, 0.4) is 0 Å². The van der Waals surface area contributed by atoms with Gasteiger partial charge in [-0.05, 0) is 36.2 Å². The number of nitrogens with zero attached hydrogens (tertiary/aromatic N) is 2. The van der Waals surface area contributed by atoms with Gasteiger partial charge in [0.15, 0.2) is 0 Å². The molecule has 1 aliphatic rings. The number of nitro groups is 1. The lowest BCUT2D eigenvalue weighted by molar-refractivity contribution is -0.384. The Morgan fingerprint density at radius 2 is 1.72 bits per heavy atom. The number of carbonyl (C=O) groups excluding carboxylic acids is 2. The normalized spacial score (nSPS) is 17.4. The van der Waals surface area contributed by atoms with Crippen LogP contribution in [0.1, 0.15) is 30.0 Å². The summed E-state index contributed by atoms with van der Waals surface area (Å²) in [5, 5.41) is 30.7. The number of benzene rings is 2. The van der Waals surface area contributed by atoms with Crippen LogP contribution in [0.15, 0.2) is 54.1 Å². The van der Waals surface area contributed by atoms with Crippen LogP contribution in [0.4, 0.5) is 5.69 Å². The largest absolute Gasteiger partial charge is 0.507 e. The van der Waals surface area contributed by atoms with E-state index in [2.05, 4.69) is 0 Å². The monoisotopic (exact) mass is 440 g/mol. The third-order valence-electron chi connectivity index (χ3n) is 5.11. The molecular weight excluding hydrogens is 420 g/mol. The molecule has 2 N–H and O–H groups in total. The maximum atomic E-state index is 12.9. The standard InChI is InChI=1S/C22H20N2O8/c1-32-16-10-6-13(7-11-16)19-18(20(27)14-4-8-15(9-5-14)24(30)31)21(28)22(29)23(19)12-2-3-17(25)26/h4-11,19,27H,2-3,12H2,1H3,(H,25,26)/b20-18+/t19-/m0/s1. The van der Waals surface area contributed by atoms with Crippen molar-refractivity contribution in [2.75, 3.05) is 13.7 Å². The number of hydrogen-bond acceptors (Lipinski definition) is 7. The predicted octanol–water partition coefficient (Wildman–Crippen LogP) is 2.89. The first kappa shape index (κ1) is 22.5. The Labute approximate surface area is 182 Å². The van der Waals surface area contributed by atoms with Gasteiger partial charge in [-0.2, -0.15) is 0 Å². The molecule has 2 aromatic carbocycles. The zero-order chi connectivity index (χ0) is 23.4. The fourth-order valence-electron chi connectivity index (χ4n) is 3.54. The van der Waals surface area contributed by atoms with Crippen LogP contribution in [-0.4, -0.2) is 51.4 Å². The average Bonchev–Trinajstić information content (AvgIpc) is 3.03. The van der Waals surface area contributed by atoms with Crippen molar-refractivity contribution in [1.82, 2.24) is 4.90 Å². The number of amides is 1. The smallest absolute Gasteiger partial charge is 0.303 e. The van der Waals surface area contributed by atoms with Gasteiger partial charge in [0.25, 0.3) is 17.4 Å². The summed E-state index contributed by atoms with van der Waals surface area (Å²) < 4.78 is 5.14. The Balaban J connectivity index is 2.08. The molecule has 1 atom stereocenters. The Kier molecular flexibility index (Phi) is 6.53.